The Morgan fingerprint density at radius 1 is 1.22 bits per heavy atom. The molecule has 5 heteroatoms. The lowest BCUT2D eigenvalue weighted by Gasteiger charge is -2.14. The van der Waals surface area contributed by atoms with Crippen molar-refractivity contribution in [3.8, 4) is 11.8 Å². The minimum atomic E-state index is 0.465. The van der Waals surface area contributed by atoms with Gasteiger partial charge in [-0.1, -0.05) is 32.0 Å². The molecule has 0 aliphatic carbocycles. The minimum Gasteiger partial charge on any atom is -0.493 e. The van der Waals surface area contributed by atoms with E-state index in [1.807, 2.05) is 38.1 Å². The van der Waals surface area contributed by atoms with Crippen molar-refractivity contribution in [3.63, 3.8) is 0 Å². The first-order chi connectivity index (χ1) is 11.0. The van der Waals surface area contributed by atoms with E-state index in [2.05, 4.69) is 35.4 Å². The number of ether oxygens (including phenoxy) is 1. The summed E-state index contributed by atoms with van der Waals surface area (Å²) in [5.41, 5.74) is 3.19. The molecule has 0 aliphatic heterocycles. The van der Waals surface area contributed by atoms with Crippen LogP contribution in [0.2, 0.25) is 0 Å². The first-order valence-electron chi connectivity index (χ1n) is 7.71. The highest BCUT2D eigenvalue weighted by Gasteiger charge is 2.11. The number of aromatic nitrogens is 2. The normalized spacial score (nSPS) is 10.4. The van der Waals surface area contributed by atoms with Crippen LogP contribution >= 0.6 is 0 Å². The Morgan fingerprint density at radius 3 is 2.65 bits per heavy atom. The molecule has 0 bridgehead atoms. The number of benzene rings is 1. The number of nitrogens with zero attached hydrogens (tertiary/aromatic N) is 3. The molecule has 0 amide bonds. The monoisotopic (exact) mass is 310 g/mol. The third kappa shape index (κ3) is 4.19. The van der Waals surface area contributed by atoms with Crippen LogP contribution in [0, 0.1) is 31.1 Å². The van der Waals surface area contributed by atoms with Gasteiger partial charge in [0.2, 0.25) is 0 Å². The van der Waals surface area contributed by atoms with Crippen LogP contribution in [-0.4, -0.2) is 16.8 Å². The van der Waals surface area contributed by atoms with Gasteiger partial charge in [0.15, 0.2) is 5.82 Å². The third-order valence-corrected chi connectivity index (χ3v) is 3.56. The number of rotatable bonds is 6. The van der Waals surface area contributed by atoms with Crippen LogP contribution < -0.4 is 10.1 Å². The maximum atomic E-state index is 9.34. The van der Waals surface area contributed by atoms with Gasteiger partial charge in [-0.2, -0.15) is 10.4 Å². The predicted molar refractivity (Wildman–Crippen MR) is 90.3 cm³/mol. The quantitative estimate of drug-likeness (QED) is 0.882. The van der Waals surface area contributed by atoms with E-state index in [9.17, 15) is 5.26 Å². The van der Waals surface area contributed by atoms with Crippen LogP contribution in [0.3, 0.4) is 0 Å². The fourth-order valence-corrected chi connectivity index (χ4v) is 2.10. The zero-order chi connectivity index (χ0) is 16.8. The van der Waals surface area contributed by atoms with Crippen molar-refractivity contribution in [3.05, 3.63) is 46.6 Å². The first kappa shape index (κ1) is 16.8. The number of anilines is 1. The summed E-state index contributed by atoms with van der Waals surface area (Å²) in [7, 11) is 0. The summed E-state index contributed by atoms with van der Waals surface area (Å²) < 4.78 is 5.85. The molecule has 2 rings (SSSR count). The van der Waals surface area contributed by atoms with Crippen LogP contribution in [-0.2, 0) is 6.54 Å². The Morgan fingerprint density at radius 2 is 1.96 bits per heavy atom. The second kappa shape index (κ2) is 7.59. The molecule has 0 saturated heterocycles. The summed E-state index contributed by atoms with van der Waals surface area (Å²) in [5.74, 6) is 1.82. The van der Waals surface area contributed by atoms with E-state index in [0.717, 1.165) is 22.6 Å². The van der Waals surface area contributed by atoms with Crippen molar-refractivity contribution >= 4 is 5.82 Å². The van der Waals surface area contributed by atoms with Crippen molar-refractivity contribution in [1.29, 1.82) is 5.26 Å². The van der Waals surface area contributed by atoms with E-state index in [-0.39, 0.29) is 0 Å². The summed E-state index contributed by atoms with van der Waals surface area (Å²) >= 11 is 0. The molecule has 5 nitrogen and oxygen atoms in total. The highest BCUT2D eigenvalue weighted by molar-refractivity contribution is 5.56. The zero-order valence-electron chi connectivity index (χ0n) is 14.1. The third-order valence-electron chi connectivity index (χ3n) is 3.56. The minimum absolute atomic E-state index is 0.465. The SMILES string of the molecule is Cc1nnc(NCc2ccccc2OCC(C)C)c(C#N)c1C. The van der Waals surface area contributed by atoms with E-state index >= 15 is 0 Å². The second-order valence-electron chi connectivity index (χ2n) is 5.91. The van der Waals surface area contributed by atoms with Crippen molar-refractivity contribution in [2.24, 2.45) is 5.92 Å². The van der Waals surface area contributed by atoms with Gasteiger partial charge in [-0.05, 0) is 31.4 Å². The number of aryl methyl sites for hydroxylation is 1. The van der Waals surface area contributed by atoms with Gasteiger partial charge in [-0.15, -0.1) is 5.10 Å². The molecule has 0 radical (unpaired) electrons. The molecule has 1 N–H and O–H groups in total. The maximum Gasteiger partial charge on any atom is 0.167 e. The Labute approximate surface area is 137 Å². The average molecular weight is 310 g/mol. The van der Waals surface area contributed by atoms with Crippen LogP contribution in [0.5, 0.6) is 5.75 Å². The van der Waals surface area contributed by atoms with Crippen molar-refractivity contribution in [2.75, 3.05) is 11.9 Å². The van der Waals surface area contributed by atoms with Crippen LogP contribution in [0.25, 0.3) is 0 Å². The summed E-state index contributed by atoms with van der Waals surface area (Å²) in [5, 5.41) is 20.7. The highest BCUT2D eigenvalue weighted by Crippen LogP contribution is 2.22. The standard InChI is InChI=1S/C18H22N4O/c1-12(2)11-23-17-8-6-5-7-15(17)10-20-18-16(9-19)13(3)14(4)21-22-18/h5-8,12H,10-11H2,1-4H3,(H,20,22). The van der Waals surface area contributed by atoms with Crippen LogP contribution in [0.15, 0.2) is 24.3 Å². The van der Waals surface area contributed by atoms with E-state index in [0.29, 0.717) is 30.5 Å². The lowest BCUT2D eigenvalue weighted by molar-refractivity contribution is 0.269. The molecule has 0 aliphatic rings. The molecular weight excluding hydrogens is 288 g/mol. The van der Waals surface area contributed by atoms with Gasteiger partial charge in [0.1, 0.15) is 17.4 Å². The molecule has 120 valence electrons. The van der Waals surface area contributed by atoms with E-state index in [1.54, 1.807) is 0 Å². The summed E-state index contributed by atoms with van der Waals surface area (Å²) in [6, 6.07) is 10.1. The molecule has 0 atom stereocenters. The molecule has 1 aromatic carbocycles. The van der Waals surface area contributed by atoms with E-state index in [1.165, 1.54) is 0 Å². The fraction of sp³-hybridized carbons (Fsp3) is 0.389. The van der Waals surface area contributed by atoms with Gasteiger partial charge in [-0.3, -0.25) is 0 Å². The molecular formula is C18H22N4O. The molecule has 0 spiro atoms. The number of nitriles is 1. The summed E-state index contributed by atoms with van der Waals surface area (Å²) in [4.78, 5) is 0. The topological polar surface area (TPSA) is 70.8 Å². The van der Waals surface area contributed by atoms with Gasteiger partial charge >= 0.3 is 0 Å². The molecule has 0 saturated carbocycles. The number of hydrogen-bond donors (Lipinski definition) is 1. The van der Waals surface area contributed by atoms with Crippen LogP contribution in [0.1, 0.15) is 36.2 Å². The van der Waals surface area contributed by atoms with Crippen molar-refractivity contribution in [1.82, 2.24) is 10.2 Å². The van der Waals surface area contributed by atoms with E-state index < -0.39 is 0 Å². The lowest BCUT2D eigenvalue weighted by atomic mass is 10.1. The number of hydrogen-bond acceptors (Lipinski definition) is 5. The fourth-order valence-electron chi connectivity index (χ4n) is 2.10. The van der Waals surface area contributed by atoms with E-state index in [4.69, 9.17) is 4.74 Å². The largest absolute Gasteiger partial charge is 0.493 e. The molecule has 2 aromatic rings. The first-order valence-corrected chi connectivity index (χ1v) is 7.71. The van der Waals surface area contributed by atoms with Gasteiger partial charge in [0, 0.05) is 12.1 Å². The van der Waals surface area contributed by atoms with Gasteiger partial charge in [0.05, 0.1) is 12.3 Å². The molecule has 1 aromatic heterocycles. The summed E-state index contributed by atoms with van der Waals surface area (Å²) in [6.07, 6.45) is 0. The van der Waals surface area contributed by atoms with Gasteiger partial charge in [0.25, 0.3) is 0 Å². The average Bonchev–Trinajstić information content (AvgIpc) is 2.54. The Hall–Kier alpha value is -2.61. The Kier molecular flexibility index (Phi) is 5.53. The maximum absolute atomic E-state index is 9.34. The Balaban J connectivity index is 2.16. The predicted octanol–water partition coefficient (Wildman–Crippen LogP) is 3.61. The number of para-hydroxylation sites is 1. The molecule has 1 heterocycles. The molecule has 0 fully saturated rings. The molecule has 0 unspecified atom stereocenters. The Bertz CT molecular complexity index is 719. The van der Waals surface area contributed by atoms with Gasteiger partial charge in [-0.25, -0.2) is 0 Å². The lowest BCUT2D eigenvalue weighted by Crippen LogP contribution is -2.10. The van der Waals surface area contributed by atoms with Gasteiger partial charge < -0.3 is 10.1 Å². The summed E-state index contributed by atoms with van der Waals surface area (Å²) in [6.45, 7) is 9.16. The second-order valence-corrected chi connectivity index (χ2v) is 5.91. The highest BCUT2D eigenvalue weighted by atomic mass is 16.5. The number of nitrogens with one attached hydrogen (secondary N) is 1. The van der Waals surface area contributed by atoms with Crippen molar-refractivity contribution in [2.45, 2.75) is 34.2 Å². The molecule has 23 heavy (non-hydrogen) atoms. The van der Waals surface area contributed by atoms with Crippen molar-refractivity contribution < 1.29 is 4.74 Å². The van der Waals surface area contributed by atoms with Crippen LogP contribution in [0.4, 0.5) is 5.82 Å². The smallest absolute Gasteiger partial charge is 0.167 e. The zero-order valence-corrected chi connectivity index (χ0v) is 14.1.